The van der Waals surface area contributed by atoms with Gasteiger partial charge in [-0.25, -0.2) is 0 Å². The van der Waals surface area contributed by atoms with E-state index in [1.165, 1.54) is 37.9 Å². The minimum atomic E-state index is -0.340. The summed E-state index contributed by atoms with van der Waals surface area (Å²) in [6.07, 6.45) is 3.84. The second-order valence-corrected chi connectivity index (χ2v) is 5.84. The number of nitro groups is 1. The molecule has 0 spiro atoms. The molecule has 1 N–H and O–H groups in total. The van der Waals surface area contributed by atoms with Crippen LogP contribution in [-0.2, 0) is 0 Å². The molecule has 0 saturated carbocycles. The summed E-state index contributed by atoms with van der Waals surface area (Å²) >= 11 is 0. The zero-order valence-electron chi connectivity index (χ0n) is 11.6. The van der Waals surface area contributed by atoms with Crippen molar-refractivity contribution in [3.8, 4) is 0 Å². The van der Waals surface area contributed by atoms with E-state index < -0.39 is 0 Å². The van der Waals surface area contributed by atoms with Gasteiger partial charge >= 0.3 is 0 Å². The van der Waals surface area contributed by atoms with Gasteiger partial charge in [0, 0.05) is 24.7 Å². The number of hydrogen-bond acceptors (Lipinski definition) is 4. The summed E-state index contributed by atoms with van der Waals surface area (Å²) in [7, 11) is 0. The lowest BCUT2D eigenvalue weighted by molar-refractivity contribution is -0.384. The van der Waals surface area contributed by atoms with Crippen molar-refractivity contribution in [3.63, 3.8) is 0 Å². The molecular formula is C15H21N3O2. The Balaban J connectivity index is 1.69. The molecule has 0 aromatic heterocycles. The van der Waals surface area contributed by atoms with Crippen molar-refractivity contribution < 1.29 is 4.92 Å². The molecule has 0 amide bonds. The largest absolute Gasteiger partial charge is 0.310 e. The van der Waals surface area contributed by atoms with Gasteiger partial charge in [0.25, 0.3) is 5.69 Å². The number of nitrogens with one attached hydrogen (secondary N) is 1. The third kappa shape index (κ3) is 2.83. The van der Waals surface area contributed by atoms with E-state index in [2.05, 4.69) is 10.2 Å². The first-order valence-electron chi connectivity index (χ1n) is 7.44. The summed E-state index contributed by atoms with van der Waals surface area (Å²) in [5.41, 5.74) is 1.35. The molecule has 0 bridgehead atoms. The maximum absolute atomic E-state index is 10.7. The molecule has 108 valence electrons. The Morgan fingerprint density at radius 3 is 2.60 bits per heavy atom. The van der Waals surface area contributed by atoms with Crippen LogP contribution in [0.3, 0.4) is 0 Å². The second-order valence-electron chi connectivity index (χ2n) is 5.84. The van der Waals surface area contributed by atoms with E-state index in [9.17, 15) is 10.1 Å². The Kier molecular flexibility index (Phi) is 3.98. The van der Waals surface area contributed by atoms with Crippen LogP contribution >= 0.6 is 0 Å². The van der Waals surface area contributed by atoms with Gasteiger partial charge in [0.2, 0.25) is 0 Å². The van der Waals surface area contributed by atoms with Crippen LogP contribution in [0.2, 0.25) is 0 Å². The van der Waals surface area contributed by atoms with E-state index in [0.29, 0.717) is 12.0 Å². The van der Waals surface area contributed by atoms with Crippen LogP contribution in [0.1, 0.15) is 30.9 Å². The minimum absolute atomic E-state index is 0.169. The van der Waals surface area contributed by atoms with Crippen LogP contribution in [-0.4, -0.2) is 36.0 Å². The van der Waals surface area contributed by atoms with Gasteiger partial charge in [0.05, 0.1) is 4.92 Å². The summed E-state index contributed by atoms with van der Waals surface area (Å²) < 4.78 is 0. The number of nitro benzene ring substituents is 1. The summed E-state index contributed by atoms with van der Waals surface area (Å²) in [6, 6.07) is 7.37. The van der Waals surface area contributed by atoms with Crippen molar-refractivity contribution in [2.24, 2.45) is 5.92 Å². The Bertz CT molecular complexity index is 469. The second kappa shape index (κ2) is 5.89. The third-order valence-corrected chi connectivity index (χ3v) is 4.51. The normalized spacial score (nSPS) is 27.0. The molecule has 5 heteroatoms. The fourth-order valence-corrected chi connectivity index (χ4v) is 3.44. The molecule has 0 radical (unpaired) electrons. The average Bonchev–Trinajstić information content (AvgIpc) is 3.11. The first-order valence-corrected chi connectivity index (χ1v) is 7.44. The molecule has 2 unspecified atom stereocenters. The summed E-state index contributed by atoms with van der Waals surface area (Å²) in [6.45, 7) is 4.64. The standard InChI is InChI=1S/C15H21N3O2/c19-18(20)14-5-3-12(4-6-14)15-13(7-8-16-15)11-17-9-1-2-10-17/h3-6,13,15-16H,1-2,7-11H2. The van der Waals surface area contributed by atoms with Gasteiger partial charge in [-0.15, -0.1) is 0 Å². The van der Waals surface area contributed by atoms with Crippen LogP contribution < -0.4 is 5.32 Å². The third-order valence-electron chi connectivity index (χ3n) is 4.51. The number of non-ortho nitro benzene ring substituents is 1. The smallest absolute Gasteiger partial charge is 0.269 e. The fourth-order valence-electron chi connectivity index (χ4n) is 3.44. The molecule has 2 saturated heterocycles. The van der Waals surface area contributed by atoms with Crippen LogP contribution in [0.4, 0.5) is 5.69 Å². The van der Waals surface area contributed by atoms with Crippen LogP contribution in [0.25, 0.3) is 0 Å². The Morgan fingerprint density at radius 2 is 1.95 bits per heavy atom. The molecule has 2 fully saturated rings. The summed E-state index contributed by atoms with van der Waals surface area (Å²) in [5, 5.41) is 14.3. The zero-order valence-corrected chi connectivity index (χ0v) is 11.6. The van der Waals surface area contributed by atoms with Gasteiger partial charge in [0.15, 0.2) is 0 Å². The lowest BCUT2D eigenvalue weighted by atomic mass is 9.93. The van der Waals surface area contributed by atoms with Gasteiger partial charge < -0.3 is 10.2 Å². The SMILES string of the molecule is O=[N+]([O-])c1ccc(C2NCCC2CN2CCCC2)cc1. The number of likely N-dealkylation sites (tertiary alicyclic amines) is 1. The Hall–Kier alpha value is -1.46. The molecule has 2 aliphatic heterocycles. The van der Waals surface area contributed by atoms with E-state index in [1.54, 1.807) is 12.1 Å². The number of benzene rings is 1. The highest BCUT2D eigenvalue weighted by molar-refractivity contribution is 5.34. The predicted molar refractivity (Wildman–Crippen MR) is 77.6 cm³/mol. The van der Waals surface area contributed by atoms with Crippen molar-refractivity contribution in [1.29, 1.82) is 0 Å². The van der Waals surface area contributed by atoms with E-state index >= 15 is 0 Å². The topological polar surface area (TPSA) is 58.4 Å². The van der Waals surface area contributed by atoms with Crippen molar-refractivity contribution in [3.05, 3.63) is 39.9 Å². The van der Waals surface area contributed by atoms with Crippen molar-refractivity contribution >= 4 is 5.69 Å². The quantitative estimate of drug-likeness (QED) is 0.677. The Labute approximate surface area is 119 Å². The number of nitrogens with zero attached hydrogens (tertiary/aromatic N) is 2. The summed E-state index contributed by atoms with van der Waals surface area (Å²) in [4.78, 5) is 12.9. The van der Waals surface area contributed by atoms with Gasteiger partial charge in [0.1, 0.15) is 0 Å². The number of rotatable bonds is 4. The monoisotopic (exact) mass is 275 g/mol. The van der Waals surface area contributed by atoms with Gasteiger partial charge in [-0.1, -0.05) is 12.1 Å². The molecule has 5 nitrogen and oxygen atoms in total. The van der Waals surface area contributed by atoms with Crippen LogP contribution in [0.15, 0.2) is 24.3 Å². The zero-order chi connectivity index (χ0) is 13.9. The van der Waals surface area contributed by atoms with Crippen molar-refractivity contribution in [2.75, 3.05) is 26.2 Å². The minimum Gasteiger partial charge on any atom is -0.310 e. The highest BCUT2D eigenvalue weighted by atomic mass is 16.6. The molecule has 1 aromatic carbocycles. The van der Waals surface area contributed by atoms with Crippen molar-refractivity contribution in [1.82, 2.24) is 10.2 Å². The lowest BCUT2D eigenvalue weighted by Crippen LogP contribution is -2.30. The molecule has 2 aliphatic rings. The maximum atomic E-state index is 10.7. The molecule has 20 heavy (non-hydrogen) atoms. The summed E-state index contributed by atoms with van der Waals surface area (Å²) in [5.74, 6) is 0.620. The van der Waals surface area contributed by atoms with Crippen LogP contribution in [0, 0.1) is 16.0 Å². The van der Waals surface area contributed by atoms with Gasteiger partial charge in [-0.05, 0) is 50.4 Å². The van der Waals surface area contributed by atoms with E-state index in [-0.39, 0.29) is 10.6 Å². The highest BCUT2D eigenvalue weighted by Crippen LogP contribution is 2.31. The van der Waals surface area contributed by atoms with Crippen LogP contribution in [0.5, 0.6) is 0 Å². The molecule has 3 rings (SSSR count). The average molecular weight is 275 g/mol. The first-order chi connectivity index (χ1) is 9.74. The molecule has 2 heterocycles. The van der Waals surface area contributed by atoms with Gasteiger partial charge in [-0.3, -0.25) is 10.1 Å². The molecule has 1 aromatic rings. The van der Waals surface area contributed by atoms with Crippen molar-refractivity contribution in [2.45, 2.75) is 25.3 Å². The number of hydrogen-bond donors (Lipinski definition) is 1. The predicted octanol–water partition coefficient (Wildman–Crippen LogP) is 2.34. The van der Waals surface area contributed by atoms with E-state index in [1.807, 2.05) is 12.1 Å². The van der Waals surface area contributed by atoms with E-state index in [4.69, 9.17) is 0 Å². The first kappa shape index (κ1) is 13.5. The molecule has 2 atom stereocenters. The fraction of sp³-hybridized carbons (Fsp3) is 0.600. The molecule has 0 aliphatic carbocycles. The molecular weight excluding hydrogens is 254 g/mol. The van der Waals surface area contributed by atoms with Gasteiger partial charge in [-0.2, -0.15) is 0 Å². The Morgan fingerprint density at radius 1 is 1.25 bits per heavy atom. The highest BCUT2D eigenvalue weighted by Gasteiger charge is 2.30. The lowest BCUT2D eigenvalue weighted by Gasteiger charge is -2.25. The maximum Gasteiger partial charge on any atom is 0.269 e. The van der Waals surface area contributed by atoms with E-state index in [0.717, 1.165) is 13.1 Å².